The molecule has 94 valence electrons. The summed E-state index contributed by atoms with van der Waals surface area (Å²) in [6.07, 6.45) is -5.86. The van der Waals surface area contributed by atoms with E-state index in [1.807, 2.05) is 0 Å². The number of hydrogen-bond donors (Lipinski definition) is 0. The van der Waals surface area contributed by atoms with Crippen LogP contribution in [0.2, 0.25) is 0 Å². The van der Waals surface area contributed by atoms with Crippen molar-refractivity contribution in [1.82, 2.24) is 4.98 Å². The highest BCUT2D eigenvalue weighted by atomic mass is 19.4. The number of hydrogen-bond acceptors (Lipinski definition) is 4. The van der Waals surface area contributed by atoms with Gasteiger partial charge in [-0.2, -0.15) is 13.2 Å². The molecule has 1 aromatic heterocycles. The van der Waals surface area contributed by atoms with Crippen LogP contribution in [0.1, 0.15) is 17.9 Å². The molecule has 0 aliphatic heterocycles. The fraction of sp³-hybridized carbons (Fsp3) is 0.400. The van der Waals surface area contributed by atoms with Crippen LogP contribution in [0.3, 0.4) is 0 Å². The van der Waals surface area contributed by atoms with Crippen molar-refractivity contribution >= 4 is 6.16 Å². The fourth-order valence-electron chi connectivity index (χ4n) is 0.738. The average Bonchev–Trinajstić information content (AvgIpc) is 2.26. The largest absolute Gasteiger partial charge is 0.516 e. The Morgan fingerprint density at radius 3 is 2.65 bits per heavy atom. The quantitative estimate of drug-likeness (QED) is 0.759. The highest BCUT2D eigenvalue weighted by Gasteiger charge is 2.51. The monoisotopic (exact) mass is 252 g/mol. The van der Waals surface area contributed by atoms with Crippen molar-refractivity contribution in [2.24, 2.45) is 0 Å². The minimum Gasteiger partial charge on any atom is -0.418 e. The van der Waals surface area contributed by atoms with Gasteiger partial charge in [0, 0.05) is 16.4 Å². The third-order valence-corrected chi connectivity index (χ3v) is 1.65. The normalized spacial score (nSPS) is 18.2. The molecule has 7 heteroatoms. The summed E-state index contributed by atoms with van der Waals surface area (Å²) in [5.74, 6) is -0.312. The fourth-order valence-corrected chi connectivity index (χ4v) is 0.738. The molecule has 1 aromatic rings. The van der Waals surface area contributed by atoms with Crippen molar-refractivity contribution in [1.29, 1.82) is 0 Å². The maximum Gasteiger partial charge on any atom is 0.516 e. The predicted octanol–water partition coefficient (Wildman–Crippen LogP) is 2.94. The van der Waals surface area contributed by atoms with Gasteiger partial charge < -0.3 is 9.47 Å². The first kappa shape index (κ1) is 9.26. The lowest BCUT2D eigenvalue weighted by Crippen LogP contribution is -2.44. The molecule has 1 unspecified atom stereocenters. The van der Waals surface area contributed by atoms with Crippen molar-refractivity contribution in [3.8, 4) is 5.88 Å². The number of carbonyl (C=O) groups is 1. The summed E-state index contributed by atoms with van der Waals surface area (Å²) >= 11 is 0. The third-order valence-electron chi connectivity index (χ3n) is 1.65. The van der Waals surface area contributed by atoms with Gasteiger partial charge in [0.1, 0.15) is 0 Å². The molecule has 0 spiro atoms. The molecular formula is C10H10F3NO3. The van der Waals surface area contributed by atoms with Gasteiger partial charge in [-0.3, -0.25) is 0 Å². The molecule has 0 radical (unpaired) electrons. The Balaban J connectivity index is 2.90. The number of ether oxygens (including phenoxy) is 2. The van der Waals surface area contributed by atoms with E-state index in [-0.39, 0.29) is 12.8 Å². The second kappa shape index (κ2) is 4.60. The summed E-state index contributed by atoms with van der Waals surface area (Å²) in [6, 6.07) is 4.10. The van der Waals surface area contributed by atoms with Crippen molar-refractivity contribution in [2.75, 3.05) is 0 Å². The van der Waals surface area contributed by atoms with Crippen molar-refractivity contribution < 1.29 is 31.6 Å². The zero-order chi connectivity index (χ0) is 15.6. The van der Waals surface area contributed by atoms with Gasteiger partial charge in [0.25, 0.3) is 0 Å². The molecule has 0 N–H and O–H groups in total. The molecule has 1 atom stereocenters. The van der Waals surface area contributed by atoms with Crippen LogP contribution in [0, 0.1) is 0 Å². The van der Waals surface area contributed by atoms with E-state index in [0.29, 0.717) is 0 Å². The molecule has 0 fully saturated rings. The van der Waals surface area contributed by atoms with Crippen LogP contribution < -0.4 is 4.74 Å². The minimum absolute atomic E-state index is 0.250. The van der Waals surface area contributed by atoms with Crippen LogP contribution in [-0.4, -0.2) is 22.9 Å². The van der Waals surface area contributed by atoms with Crippen LogP contribution in [0.5, 0.6) is 5.88 Å². The molecule has 4 nitrogen and oxygen atoms in total. The topological polar surface area (TPSA) is 48.4 Å². The van der Waals surface area contributed by atoms with Gasteiger partial charge in [-0.1, -0.05) is 6.07 Å². The predicted molar refractivity (Wildman–Crippen MR) is 51.5 cm³/mol. The van der Waals surface area contributed by atoms with E-state index in [9.17, 15) is 18.0 Å². The summed E-state index contributed by atoms with van der Waals surface area (Å²) in [5.41, 5.74) is -3.67. The number of halogens is 3. The molecule has 17 heavy (non-hydrogen) atoms. The first-order valence-electron chi connectivity index (χ1n) is 5.86. The van der Waals surface area contributed by atoms with E-state index in [0.717, 1.165) is 0 Å². The first-order valence-corrected chi connectivity index (χ1v) is 4.36. The summed E-state index contributed by atoms with van der Waals surface area (Å²) in [7, 11) is 0. The zero-order valence-corrected chi connectivity index (χ0v) is 8.62. The smallest absolute Gasteiger partial charge is 0.418 e. The molecule has 0 aliphatic rings. The molecule has 0 aliphatic carbocycles. The van der Waals surface area contributed by atoms with Crippen molar-refractivity contribution in [3.05, 3.63) is 24.4 Å². The van der Waals surface area contributed by atoms with Gasteiger partial charge in [-0.05, 0) is 19.8 Å². The van der Waals surface area contributed by atoms with Gasteiger partial charge in [0.2, 0.25) is 11.5 Å². The molecule has 1 heterocycles. The maximum absolute atomic E-state index is 12.8. The van der Waals surface area contributed by atoms with Gasteiger partial charge in [-0.15, -0.1) is 0 Å². The number of rotatable bonds is 2. The lowest BCUT2D eigenvalue weighted by molar-refractivity contribution is -0.247. The van der Waals surface area contributed by atoms with E-state index in [1.165, 1.54) is 24.4 Å². The molecule has 0 bridgehead atoms. The summed E-state index contributed by atoms with van der Waals surface area (Å²) in [6.45, 7) is -3.35. The molecule has 0 amide bonds. The maximum atomic E-state index is 12.8. The third kappa shape index (κ3) is 3.61. The number of nitrogens with zero attached hydrogens (tertiary/aromatic N) is 1. The van der Waals surface area contributed by atoms with E-state index in [1.54, 1.807) is 0 Å². The molecule has 1 rings (SSSR count). The number of pyridine rings is 1. The zero-order valence-electron chi connectivity index (χ0n) is 11.6. The van der Waals surface area contributed by atoms with Crippen molar-refractivity contribution in [3.63, 3.8) is 0 Å². The Kier molecular flexibility index (Phi) is 2.51. The standard InChI is InChI=1S/C10H10F3NO3/c1-9(2,10(11,12)13)17-8(15)16-7-5-3-4-6-14-7/h3-6H,1-2H3/i1D3. The molecule has 0 saturated carbocycles. The Bertz CT molecular complexity index is 462. The second-order valence-electron chi connectivity index (χ2n) is 3.15. The SMILES string of the molecule is [2H]C([2H])([2H])C(C)(OC(=O)Oc1ccccn1)C(F)(F)F. The lowest BCUT2D eigenvalue weighted by Gasteiger charge is -2.26. The Morgan fingerprint density at radius 2 is 2.18 bits per heavy atom. The lowest BCUT2D eigenvalue weighted by atomic mass is 10.1. The molecule has 0 saturated heterocycles. The van der Waals surface area contributed by atoms with Crippen LogP contribution in [-0.2, 0) is 4.74 Å². The van der Waals surface area contributed by atoms with Gasteiger partial charge >= 0.3 is 12.3 Å². The van der Waals surface area contributed by atoms with Gasteiger partial charge in [0.15, 0.2) is 0 Å². The van der Waals surface area contributed by atoms with Crippen LogP contribution >= 0.6 is 0 Å². The summed E-state index contributed by atoms with van der Waals surface area (Å²) < 4.78 is 67.4. The Hall–Kier alpha value is -1.79. The van der Waals surface area contributed by atoms with E-state index >= 15 is 0 Å². The highest BCUT2D eigenvalue weighted by Crippen LogP contribution is 2.33. The van der Waals surface area contributed by atoms with Gasteiger partial charge in [0.05, 0.1) is 0 Å². The Morgan fingerprint density at radius 1 is 1.47 bits per heavy atom. The average molecular weight is 252 g/mol. The first-order chi connectivity index (χ1) is 8.97. The van der Waals surface area contributed by atoms with E-state index < -0.39 is 24.8 Å². The highest BCUT2D eigenvalue weighted by molar-refractivity contribution is 5.63. The molecule has 0 aromatic carbocycles. The van der Waals surface area contributed by atoms with E-state index in [4.69, 9.17) is 4.11 Å². The minimum atomic E-state index is -5.29. The second-order valence-corrected chi connectivity index (χ2v) is 3.15. The molecular weight excluding hydrogens is 239 g/mol. The number of aromatic nitrogens is 1. The Labute approximate surface area is 99.6 Å². The summed E-state index contributed by atoms with van der Waals surface area (Å²) in [4.78, 5) is 14.8. The number of carbonyl (C=O) groups excluding carboxylic acids is 1. The number of alkyl halides is 3. The van der Waals surface area contributed by atoms with Crippen LogP contribution in [0.15, 0.2) is 24.4 Å². The van der Waals surface area contributed by atoms with Crippen LogP contribution in [0.4, 0.5) is 18.0 Å². The van der Waals surface area contributed by atoms with Crippen molar-refractivity contribution in [2.45, 2.75) is 25.6 Å². The van der Waals surface area contributed by atoms with Crippen LogP contribution in [0.25, 0.3) is 0 Å². The van der Waals surface area contributed by atoms with E-state index in [2.05, 4.69) is 14.5 Å². The van der Waals surface area contributed by atoms with Gasteiger partial charge in [-0.25, -0.2) is 9.78 Å². The summed E-state index contributed by atoms with van der Waals surface area (Å²) in [5, 5.41) is 0.